The lowest BCUT2D eigenvalue weighted by Crippen LogP contribution is -2.47. The number of piperidine rings is 1. The van der Waals surface area contributed by atoms with E-state index in [2.05, 4.69) is 10.3 Å². The molecule has 3 rings (SSSR count). The number of para-hydroxylation sites is 2. The molecule has 23 heavy (non-hydrogen) atoms. The van der Waals surface area contributed by atoms with Crippen molar-refractivity contribution >= 4 is 23.2 Å². The fraction of sp³-hybridized carbons (Fsp3) is 0.529. The zero-order valence-electron chi connectivity index (χ0n) is 13.8. The molecule has 6 heteroatoms. The zero-order valence-corrected chi connectivity index (χ0v) is 13.8. The van der Waals surface area contributed by atoms with Crippen molar-refractivity contribution in [2.75, 3.05) is 18.4 Å². The van der Waals surface area contributed by atoms with Crippen LogP contribution in [0.5, 0.6) is 0 Å². The Balaban J connectivity index is 1.63. The number of fused-ring (bicyclic) bond motifs is 1. The standard InChI is InChI=1S/C17H23N3O3/c1-17(2,3)23-16(21)20-10-6-7-12(11-20)18-15-19-13-8-4-5-9-14(13)22-15/h4-5,8-9,12H,6-7,10-11H2,1-3H3,(H,18,19). The molecule has 124 valence electrons. The lowest BCUT2D eigenvalue weighted by molar-refractivity contribution is 0.0205. The van der Waals surface area contributed by atoms with Crippen molar-refractivity contribution in [1.82, 2.24) is 9.88 Å². The first-order valence-electron chi connectivity index (χ1n) is 8.01. The van der Waals surface area contributed by atoms with Crippen LogP contribution in [0.1, 0.15) is 33.6 Å². The summed E-state index contributed by atoms with van der Waals surface area (Å²) in [5, 5.41) is 3.29. The maximum atomic E-state index is 12.2. The fourth-order valence-electron chi connectivity index (χ4n) is 2.70. The molecule has 0 spiro atoms. The minimum atomic E-state index is -0.474. The summed E-state index contributed by atoms with van der Waals surface area (Å²) in [7, 11) is 0. The maximum Gasteiger partial charge on any atom is 0.410 e. The number of hydrogen-bond acceptors (Lipinski definition) is 5. The van der Waals surface area contributed by atoms with Gasteiger partial charge in [-0.05, 0) is 45.7 Å². The van der Waals surface area contributed by atoms with Crippen LogP contribution in [-0.2, 0) is 4.74 Å². The average Bonchev–Trinajstić information content (AvgIpc) is 2.88. The maximum absolute atomic E-state index is 12.2. The lowest BCUT2D eigenvalue weighted by atomic mass is 10.1. The third kappa shape index (κ3) is 3.94. The molecule has 1 aromatic heterocycles. The molecule has 1 N–H and O–H groups in total. The number of hydrogen-bond donors (Lipinski definition) is 1. The monoisotopic (exact) mass is 317 g/mol. The van der Waals surface area contributed by atoms with Crippen molar-refractivity contribution in [2.45, 2.75) is 45.3 Å². The van der Waals surface area contributed by atoms with Crippen molar-refractivity contribution in [3.8, 4) is 0 Å². The van der Waals surface area contributed by atoms with E-state index in [1.54, 1.807) is 4.90 Å². The highest BCUT2D eigenvalue weighted by Crippen LogP contribution is 2.22. The van der Waals surface area contributed by atoms with E-state index in [0.29, 0.717) is 12.6 Å². The highest BCUT2D eigenvalue weighted by Gasteiger charge is 2.28. The zero-order chi connectivity index (χ0) is 16.4. The molecule has 1 aliphatic rings. The van der Waals surface area contributed by atoms with Gasteiger partial charge in [0.1, 0.15) is 11.1 Å². The summed E-state index contributed by atoms with van der Waals surface area (Å²) in [5.41, 5.74) is 1.11. The second-order valence-corrected chi connectivity index (χ2v) is 6.90. The van der Waals surface area contributed by atoms with Gasteiger partial charge in [0, 0.05) is 19.1 Å². The van der Waals surface area contributed by atoms with Gasteiger partial charge in [-0.1, -0.05) is 12.1 Å². The third-order valence-electron chi connectivity index (χ3n) is 3.69. The highest BCUT2D eigenvalue weighted by atomic mass is 16.6. The number of carbonyl (C=O) groups is 1. The van der Waals surface area contributed by atoms with E-state index in [-0.39, 0.29) is 12.1 Å². The van der Waals surface area contributed by atoms with Crippen LogP contribution in [0.3, 0.4) is 0 Å². The summed E-state index contributed by atoms with van der Waals surface area (Å²) in [5.74, 6) is 0. The Morgan fingerprint density at radius 2 is 2.17 bits per heavy atom. The van der Waals surface area contributed by atoms with Gasteiger partial charge in [0.05, 0.1) is 0 Å². The Morgan fingerprint density at radius 3 is 2.91 bits per heavy atom. The van der Waals surface area contributed by atoms with E-state index in [1.807, 2.05) is 45.0 Å². The van der Waals surface area contributed by atoms with E-state index in [9.17, 15) is 4.79 Å². The Morgan fingerprint density at radius 1 is 1.39 bits per heavy atom. The predicted molar refractivity (Wildman–Crippen MR) is 88.5 cm³/mol. The topological polar surface area (TPSA) is 67.6 Å². The summed E-state index contributed by atoms with van der Waals surface area (Å²) in [6, 6.07) is 8.27. The Bertz CT molecular complexity index is 657. The first-order chi connectivity index (χ1) is 10.9. The van der Waals surface area contributed by atoms with Crippen LogP contribution >= 0.6 is 0 Å². The van der Waals surface area contributed by atoms with Crippen molar-refractivity contribution in [3.63, 3.8) is 0 Å². The largest absolute Gasteiger partial charge is 0.444 e. The number of benzene rings is 1. The lowest BCUT2D eigenvalue weighted by Gasteiger charge is -2.34. The molecule has 0 radical (unpaired) electrons. The summed E-state index contributed by atoms with van der Waals surface area (Å²) >= 11 is 0. The molecule has 2 heterocycles. The minimum Gasteiger partial charge on any atom is -0.444 e. The predicted octanol–water partition coefficient (Wildman–Crippen LogP) is 3.64. The number of carbonyl (C=O) groups excluding carboxylic acids is 1. The molecule has 6 nitrogen and oxygen atoms in total. The molecule has 1 saturated heterocycles. The number of ether oxygens (including phenoxy) is 1. The quantitative estimate of drug-likeness (QED) is 0.916. The summed E-state index contributed by atoms with van der Waals surface area (Å²) in [6.07, 6.45) is 1.64. The van der Waals surface area contributed by atoms with Crippen LogP contribution in [0.2, 0.25) is 0 Å². The molecule has 1 fully saturated rings. The fourth-order valence-corrected chi connectivity index (χ4v) is 2.70. The van der Waals surface area contributed by atoms with Crippen molar-refractivity contribution in [3.05, 3.63) is 24.3 Å². The molecule has 0 aliphatic carbocycles. The Kier molecular flexibility index (Phi) is 4.15. The Hall–Kier alpha value is -2.24. The molecule has 1 aliphatic heterocycles. The minimum absolute atomic E-state index is 0.115. The van der Waals surface area contributed by atoms with Crippen LogP contribution in [0, 0.1) is 0 Å². The molecule has 0 bridgehead atoms. The number of oxazole rings is 1. The smallest absolute Gasteiger partial charge is 0.410 e. The summed E-state index contributed by atoms with van der Waals surface area (Å²) in [4.78, 5) is 18.4. The number of aromatic nitrogens is 1. The van der Waals surface area contributed by atoms with Gasteiger partial charge in [0.15, 0.2) is 5.58 Å². The number of likely N-dealkylation sites (tertiary alicyclic amines) is 1. The van der Waals surface area contributed by atoms with E-state index >= 15 is 0 Å². The third-order valence-corrected chi connectivity index (χ3v) is 3.69. The second-order valence-electron chi connectivity index (χ2n) is 6.90. The van der Waals surface area contributed by atoms with Gasteiger partial charge in [-0.15, -0.1) is 0 Å². The normalized spacial score (nSPS) is 18.9. The second kappa shape index (κ2) is 6.10. The van der Waals surface area contributed by atoms with Crippen LogP contribution in [-0.4, -0.2) is 40.7 Å². The van der Waals surface area contributed by atoms with Gasteiger partial charge in [-0.2, -0.15) is 4.98 Å². The SMILES string of the molecule is CC(C)(C)OC(=O)N1CCCC(Nc2nc3ccccc3o2)C1. The molecular weight excluding hydrogens is 294 g/mol. The summed E-state index contributed by atoms with van der Waals surface area (Å²) in [6.45, 7) is 6.95. The van der Waals surface area contributed by atoms with Crippen LogP contribution < -0.4 is 5.32 Å². The number of amides is 1. The van der Waals surface area contributed by atoms with E-state index in [0.717, 1.165) is 30.5 Å². The summed E-state index contributed by atoms with van der Waals surface area (Å²) < 4.78 is 11.1. The highest BCUT2D eigenvalue weighted by molar-refractivity contribution is 5.74. The van der Waals surface area contributed by atoms with E-state index in [4.69, 9.17) is 9.15 Å². The molecule has 1 unspecified atom stereocenters. The van der Waals surface area contributed by atoms with Gasteiger partial charge >= 0.3 is 6.09 Å². The number of nitrogens with one attached hydrogen (secondary N) is 1. The van der Waals surface area contributed by atoms with Crippen LogP contribution in [0.4, 0.5) is 10.8 Å². The first-order valence-corrected chi connectivity index (χ1v) is 8.01. The van der Waals surface area contributed by atoms with Gasteiger partial charge in [-0.3, -0.25) is 0 Å². The molecule has 2 aromatic rings. The number of anilines is 1. The average molecular weight is 317 g/mol. The number of rotatable bonds is 2. The molecule has 1 amide bonds. The first kappa shape index (κ1) is 15.6. The molecule has 1 atom stereocenters. The van der Waals surface area contributed by atoms with Crippen LogP contribution in [0.15, 0.2) is 28.7 Å². The van der Waals surface area contributed by atoms with E-state index in [1.165, 1.54) is 0 Å². The van der Waals surface area contributed by atoms with Crippen molar-refractivity contribution < 1.29 is 13.9 Å². The Labute approximate surface area is 135 Å². The van der Waals surface area contributed by atoms with Gasteiger partial charge in [0.2, 0.25) is 0 Å². The van der Waals surface area contributed by atoms with Crippen molar-refractivity contribution in [1.29, 1.82) is 0 Å². The van der Waals surface area contributed by atoms with E-state index < -0.39 is 5.60 Å². The van der Waals surface area contributed by atoms with Gasteiger partial charge < -0.3 is 19.4 Å². The van der Waals surface area contributed by atoms with Gasteiger partial charge in [-0.25, -0.2) is 4.79 Å². The van der Waals surface area contributed by atoms with Gasteiger partial charge in [0.25, 0.3) is 6.01 Å². The molecule has 1 aromatic carbocycles. The molecular formula is C17H23N3O3. The number of nitrogens with zero attached hydrogens (tertiary/aromatic N) is 2. The molecule has 0 saturated carbocycles. The van der Waals surface area contributed by atoms with Crippen molar-refractivity contribution in [2.24, 2.45) is 0 Å². The van der Waals surface area contributed by atoms with Crippen LogP contribution in [0.25, 0.3) is 11.1 Å².